The van der Waals surface area contributed by atoms with Crippen LogP contribution >= 0.6 is 0 Å². The predicted octanol–water partition coefficient (Wildman–Crippen LogP) is 7.02. The Labute approximate surface area is 206 Å². The Balaban J connectivity index is 1.53. The largest absolute Gasteiger partial charge is 0.514 e. The fraction of sp³-hybridized carbons (Fsp3) is 0.194. The summed E-state index contributed by atoms with van der Waals surface area (Å²) in [5, 5.41) is 4.91. The second-order valence-electron chi connectivity index (χ2n) is 10.3. The molecule has 0 saturated carbocycles. The lowest BCUT2D eigenvalue weighted by Crippen LogP contribution is -2.41. The minimum Gasteiger partial charge on any atom is -0.398 e. The van der Waals surface area contributed by atoms with Crippen LogP contribution in [0, 0.1) is 0 Å². The highest BCUT2D eigenvalue weighted by molar-refractivity contribution is 6.61. The summed E-state index contributed by atoms with van der Waals surface area (Å²) in [4.78, 5) is 4.81. The van der Waals surface area contributed by atoms with E-state index < -0.39 is 18.3 Å². The van der Waals surface area contributed by atoms with E-state index in [0.29, 0.717) is 0 Å². The normalized spacial score (nSPS) is 16.7. The third-order valence-electron chi connectivity index (χ3n) is 7.56. The van der Waals surface area contributed by atoms with Gasteiger partial charge in [-0.15, -0.1) is 0 Å². The molecule has 0 unspecified atom stereocenters. The molecule has 1 saturated heterocycles. The first-order valence-corrected chi connectivity index (χ1v) is 12.2. The molecule has 3 nitrogen and oxygen atoms in total. The molecule has 0 spiro atoms. The smallest absolute Gasteiger partial charge is 0.398 e. The van der Waals surface area contributed by atoms with Crippen molar-refractivity contribution in [3.05, 3.63) is 97.2 Å². The van der Waals surface area contributed by atoms with E-state index in [1.807, 2.05) is 12.3 Å². The van der Waals surface area contributed by atoms with E-state index in [0.717, 1.165) is 11.2 Å². The lowest BCUT2D eigenvalue weighted by atomic mass is 9.83. The van der Waals surface area contributed by atoms with Gasteiger partial charge in [0.15, 0.2) is 0 Å². The fourth-order valence-electron chi connectivity index (χ4n) is 5.01. The highest BCUT2D eigenvalue weighted by atomic mass is 16.7. The fourth-order valence-corrected chi connectivity index (χ4v) is 5.01. The van der Waals surface area contributed by atoms with Crippen LogP contribution in [-0.4, -0.2) is 23.3 Å². The van der Waals surface area contributed by atoms with Gasteiger partial charge in [0, 0.05) is 11.8 Å². The summed E-state index contributed by atoms with van der Waals surface area (Å²) in [5.41, 5.74) is 4.78. The van der Waals surface area contributed by atoms with Crippen molar-refractivity contribution in [2.45, 2.75) is 38.9 Å². The van der Waals surface area contributed by atoms with Gasteiger partial charge in [0.1, 0.15) is 0 Å². The average Bonchev–Trinajstić information content (AvgIpc) is 3.09. The molecule has 1 aliphatic heterocycles. The maximum atomic E-state index is 6.22. The topological polar surface area (TPSA) is 31.4 Å². The molecule has 172 valence electrons. The van der Waals surface area contributed by atoms with Gasteiger partial charge in [0.25, 0.3) is 0 Å². The third kappa shape index (κ3) is 3.56. The Morgan fingerprint density at radius 2 is 1.00 bits per heavy atom. The van der Waals surface area contributed by atoms with Gasteiger partial charge in [-0.1, -0.05) is 84.9 Å². The van der Waals surface area contributed by atoms with E-state index in [1.54, 1.807) is 0 Å². The van der Waals surface area contributed by atoms with Gasteiger partial charge < -0.3 is 9.31 Å². The summed E-state index contributed by atoms with van der Waals surface area (Å²) in [6.45, 7) is 8.25. The standard InChI is InChI=1S/C31H28BNO2/c1-30(2)31(3,4)35-32(34-30)27-19-18-22(20-33-27)29-25-16-10-8-14-23(25)28(21-12-6-5-7-13-21)24-15-9-11-17-26(24)29/h5-20H,1-4H3. The molecular formula is C31H28BNO2. The molecule has 4 aromatic carbocycles. The molecule has 1 aliphatic rings. The average molecular weight is 457 g/mol. The van der Waals surface area contributed by atoms with Gasteiger partial charge in [-0.05, 0) is 72.0 Å². The van der Waals surface area contributed by atoms with E-state index in [-0.39, 0.29) is 0 Å². The zero-order valence-corrected chi connectivity index (χ0v) is 20.6. The predicted molar refractivity (Wildman–Crippen MR) is 146 cm³/mol. The van der Waals surface area contributed by atoms with Crippen molar-refractivity contribution >= 4 is 34.3 Å². The highest BCUT2D eigenvalue weighted by Crippen LogP contribution is 2.43. The summed E-state index contributed by atoms with van der Waals surface area (Å²) < 4.78 is 12.4. The maximum Gasteiger partial charge on any atom is 0.514 e. The number of hydrogen-bond acceptors (Lipinski definition) is 3. The number of fused-ring (bicyclic) bond motifs is 2. The van der Waals surface area contributed by atoms with Crippen LogP contribution in [0.5, 0.6) is 0 Å². The van der Waals surface area contributed by atoms with Gasteiger partial charge in [-0.2, -0.15) is 0 Å². The van der Waals surface area contributed by atoms with E-state index >= 15 is 0 Å². The molecule has 35 heavy (non-hydrogen) atoms. The number of rotatable bonds is 3. The van der Waals surface area contributed by atoms with Gasteiger partial charge in [0.05, 0.1) is 16.8 Å². The molecule has 0 N–H and O–H groups in total. The van der Waals surface area contributed by atoms with E-state index in [4.69, 9.17) is 14.3 Å². The number of hydrogen-bond donors (Lipinski definition) is 0. The van der Waals surface area contributed by atoms with E-state index in [1.165, 1.54) is 38.2 Å². The first kappa shape index (κ1) is 22.0. The molecule has 1 aromatic heterocycles. The summed E-state index contributed by atoms with van der Waals surface area (Å²) in [7, 11) is -0.469. The van der Waals surface area contributed by atoms with Crippen molar-refractivity contribution in [2.24, 2.45) is 0 Å². The van der Waals surface area contributed by atoms with Crippen molar-refractivity contribution in [3.63, 3.8) is 0 Å². The molecule has 0 radical (unpaired) electrons. The Kier molecular flexibility index (Phi) is 5.06. The molecule has 0 bridgehead atoms. The molecule has 0 amide bonds. The van der Waals surface area contributed by atoms with Gasteiger partial charge in [0.2, 0.25) is 0 Å². The molecular weight excluding hydrogens is 429 g/mol. The van der Waals surface area contributed by atoms with Crippen molar-refractivity contribution in [1.29, 1.82) is 0 Å². The molecule has 0 aliphatic carbocycles. The second kappa shape index (κ2) is 8.05. The molecule has 1 fully saturated rings. The summed E-state index contributed by atoms with van der Waals surface area (Å²) >= 11 is 0. The van der Waals surface area contributed by atoms with Crippen molar-refractivity contribution in [2.75, 3.05) is 0 Å². The zero-order chi connectivity index (χ0) is 24.2. The number of aromatic nitrogens is 1. The van der Waals surface area contributed by atoms with E-state index in [9.17, 15) is 0 Å². The zero-order valence-electron chi connectivity index (χ0n) is 20.6. The lowest BCUT2D eigenvalue weighted by molar-refractivity contribution is 0.00578. The van der Waals surface area contributed by atoms with Crippen molar-refractivity contribution in [3.8, 4) is 22.3 Å². The van der Waals surface area contributed by atoms with Gasteiger partial charge in [-0.3, -0.25) is 4.98 Å². The van der Waals surface area contributed by atoms with Crippen LogP contribution in [0.2, 0.25) is 0 Å². The number of nitrogens with zero attached hydrogens (tertiary/aromatic N) is 1. The Bertz CT molecular complexity index is 1470. The SMILES string of the molecule is CC1(C)OB(c2ccc(-c3c4ccccc4c(-c4ccccc4)c4ccccc34)cn2)OC1(C)C. The second-order valence-corrected chi connectivity index (χ2v) is 10.3. The monoisotopic (exact) mass is 457 g/mol. The maximum absolute atomic E-state index is 6.22. The van der Waals surface area contributed by atoms with E-state index in [2.05, 4.69) is 113 Å². The van der Waals surface area contributed by atoms with Gasteiger partial charge >= 0.3 is 7.12 Å². The van der Waals surface area contributed by atoms with Crippen LogP contribution in [0.4, 0.5) is 0 Å². The Hall–Kier alpha value is -3.47. The summed E-state index contributed by atoms with van der Waals surface area (Å²) in [5.74, 6) is 0. The number of pyridine rings is 1. The van der Waals surface area contributed by atoms with Crippen LogP contribution < -0.4 is 5.59 Å². The Morgan fingerprint density at radius 3 is 1.46 bits per heavy atom. The first-order valence-electron chi connectivity index (χ1n) is 12.2. The molecule has 0 atom stereocenters. The van der Waals surface area contributed by atoms with Gasteiger partial charge in [-0.25, -0.2) is 0 Å². The van der Waals surface area contributed by atoms with Crippen LogP contribution in [-0.2, 0) is 9.31 Å². The van der Waals surface area contributed by atoms with Crippen LogP contribution in [0.25, 0.3) is 43.8 Å². The van der Waals surface area contributed by atoms with Crippen LogP contribution in [0.15, 0.2) is 97.2 Å². The van der Waals surface area contributed by atoms with Crippen molar-refractivity contribution in [1.82, 2.24) is 4.98 Å². The molecule has 2 heterocycles. The quantitative estimate of drug-likeness (QED) is 0.216. The highest BCUT2D eigenvalue weighted by Gasteiger charge is 2.52. The Morgan fingerprint density at radius 1 is 0.543 bits per heavy atom. The minimum absolute atomic E-state index is 0.391. The number of benzene rings is 4. The lowest BCUT2D eigenvalue weighted by Gasteiger charge is -2.32. The summed E-state index contributed by atoms with van der Waals surface area (Å²) in [6.07, 6.45) is 1.96. The minimum atomic E-state index is -0.469. The first-order chi connectivity index (χ1) is 16.9. The molecule has 6 rings (SSSR count). The summed E-state index contributed by atoms with van der Waals surface area (Å²) in [6, 6.07) is 32.2. The van der Waals surface area contributed by atoms with Crippen LogP contribution in [0.1, 0.15) is 27.7 Å². The third-order valence-corrected chi connectivity index (χ3v) is 7.56. The molecule has 5 aromatic rings. The molecule has 4 heteroatoms. The van der Waals surface area contributed by atoms with Crippen LogP contribution in [0.3, 0.4) is 0 Å². The van der Waals surface area contributed by atoms with Crippen molar-refractivity contribution < 1.29 is 9.31 Å².